The van der Waals surface area contributed by atoms with Crippen LogP contribution in [0.3, 0.4) is 0 Å². The molecule has 1 fully saturated rings. The normalized spacial score (nSPS) is 27.2. The van der Waals surface area contributed by atoms with Gasteiger partial charge in [-0.3, -0.25) is 19.7 Å². The second-order valence-corrected chi connectivity index (χ2v) is 9.10. The third-order valence-electron chi connectivity index (χ3n) is 7.69. The molecule has 1 aliphatic heterocycles. The number of nitro benzene ring substituents is 1. The number of nitro groups is 1. The van der Waals surface area contributed by atoms with Crippen LogP contribution >= 0.6 is 0 Å². The predicted molar refractivity (Wildman–Crippen MR) is 118 cm³/mol. The van der Waals surface area contributed by atoms with Crippen molar-refractivity contribution in [2.24, 2.45) is 11.8 Å². The molecule has 158 valence electrons. The van der Waals surface area contributed by atoms with Crippen LogP contribution in [0, 0.1) is 28.9 Å². The third kappa shape index (κ3) is 2.09. The van der Waals surface area contributed by atoms with Crippen molar-refractivity contribution in [3.05, 3.63) is 105 Å². The molecule has 1 heterocycles. The molecule has 3 aromatic carbocycles. The molecule has 6 nitrogen and oxygen atoms in total. The van der Waals surface area contributed by atoms with Crippen LogP contribution in [0.5, 0.6) is 0 Å². The zero-order valence-corrected chi connectivity index (χ0v) is 17.6. The first-order chi connectivity index (χ1) is 15.4. The molecule has 7 rings (SSSR count). The molecule has 0 spiro atoms. The van der Waals surface area contributed by atoms with E-state index in [0.29, 0.717) is 5.56 Å². The second-order valence-electron chi connectivity index (χ2n) is 9.10. The fourth-order valence-corrected chi connectivity index (χ4v) is 6.34. The maximum atomic E-state index is 13.9. The van der Waals surface area contributed by atoms with Gasteiger partial charge < -0.3 is 0 Å². The number of aryl methyl sites for hydroxylation is 1. The zero-order chi connectivity index (χ0) is 22.4. The summed E-state index contributed by atoms with van der Waals surface area (Å²) in [5, 5.41) is 11.5. The molecular formula is C26H20N2O4. The average Bonchev–Trinajstić information content (AvgIpc) is 3.06. The van der Waals surface area contributed by atoms with E-state index in [-0.39, 0.29) is 29.1 Å². The van der Waals surface area contributed by atoms with Gasteiger partial charge in [-0.05, 0) is 35.2 Å². The van der Waals surface area contributed by atoms with Crippen molar-refractivity contribution < 1.29 is 14.5 Å². The van der Waals surface area contributed by atoms with Crippen molar-refractivity contribution in [3.8, 4) is 0 Å². The van der Waals surface area contributed by atoms with Crippen LogP contribution in [0.25, 0.3) is 0 Å². The Kier molecular flexibility index (Phi) is 3.62. The number of carbonyl (C=O) groups is 2. The van der Waals surface area contributed by atoms with Gasteiger partial charge >= 0.3 is 0 Å². The molecule has 0 unspecified atom stereocenters. The van der Waals surface area contributed by atoms with Crippen molar-refractivity contribution in [2.75, 3.05) is 4.90 Å². The van der Waals surface area contributed by atoms with Crippen LogP contribution in [-0.2, 0) is 15.0 Å². The number of benzene rings is 3. The highest BCUT2D eigenvalue weighted by Gasteiger charge is 2.66. The molecule has 0 N–H and O–H groups in total. The summed E-state index contributed by atoms with van der Waals surface area (Å²) in [5.74, 6) is -1.85. The number of anilines is 1. The Morgan fingerprint density at radius 3 is 2.09 bits per heavy atom. The summed E-state index contributed by atoms with van der Waals surface area (Å²) in [5.41, 5.74) is 4.36. The van der Waals surface area contributed by atoms with E-state index in [1.54, 1.807) is 19.1 Å². The fourth-order valence-electron chi connectivity index (χ4n) is 6.34. The lowest BCUT2D eigenvalue weighted by atomic mass is 9.48. The number of rotatable bonds is 2. The van der Waals surface area contributed by atoms with Crippen molar-refractivity contribution >= 4 is 23.2 Å². The van der Waals surface area contributed by atoms with E-state index in [4.69, 9.17) is 0 Å². The van der Waals surface area contributed by atoms with Gasteiger partial charge in [-0.1, -0.05) is 61.5 Å². The lowest BCUT2D eigenvalue weighted by molar-refractivity contribution is -0.385. The van der Waals surface area contributed by atoms with Crippen LogP contribution in [0.2, 0.25) is 0 Å². The molecule has 3 aliphatic carbocycles. The Balaban J connectivity index is 1.58. The summed E-state index contributed by atoms with van der Waals surface area (Å²) in [7, 11) is 0. The molecule has 6 heteroatoms. The summed E-state index contributed by atoms with van der Waals surface area (Å²) in [4.78, 5) is 39.9. The quantitative estimate of drug-likeness (QED) is 0.345. The minimum absolute atomic E-state index is 0.0984. The van der Waals surface area contributed by atoms with E-state index >= 15 is 0 Å². The van der Waals surface area contributed by atoms with Gasteiger partial charge in [0.05, 0.1) is 22.4 Å². The molecule has 0 radical (unpaired) electrons. The Hall–Kier alpha value is -3.80. The molecular weight excluding hydrogens is 404 g/mol. The molecule has 0 saturated carbocycles. The summed E-state index contributed by atoms with van der Waals surface area (Å²) in [6, 6.07) is 20.7. The highest BCUT2D eigenvalue weighted by Crippen LogP contribution is 2.64. The van der Waals surface area contributed by atoms with Crippen molar-refractivity contribution in [3.63, 3.8) is 0 Å². The van der Waals surface area contributed by atoms with E-state index in [1.807, 2.05) is 24.3 Å². The van der Waals surface area contributed by atoms with Gasteiger partial charge in [0.2, 0.25) is 11.8 Å². The van der Waals surface area contributed by atoms with E-state index < -0.39 is 22.2 Å². The van der Waals surface area contributed by atoms with Crippen molar-refractivity contribution in [1.29, 1.82) is 0 Å². The highest BCUT2D eigenvalue weighted by atomic mass is 16.6. The van der Waals surface area contributed by atoms with Crippen LogP contribution in [0.4, 0.5) is 11.4 Å². The van der Waals surface area contributed by atoms with Gasteiger partial charge in [-0.2, -0.15) is 0 Å². The summed E-state index contributed by atoms with van der Waals surface area (Å²) in [6.07, 6.45) is 0. The van der Waals surface area contributed by atoms with Gasteiger partial charge in [-0.15, -0.1) is 0 Å². The van der Waals surface area contributed by atoms with Crippen LogP contribution in [0.15, 0.2) is 66.7 Å². The number of hydrogen-bond donors (Lipinski definition) is 0. The molecule has 3 aromatic rings. The molecule has 2 bridgehead atoms. The number of amides is 2. The van der Waals surface area contributed by atoms with Crippen molar-refractivity contribution in [1.82, 2.24) is 0 Å². The Bertz CT molecular complexity index is 1310. The van der Waals surface area contributed by atoms with Gasteiger partial charge in [0.25, 0.3) is 5.69 Å². The first-order valence-corrected chi connectivity index (χ1v) is 10.7. The summed E-state index contributed by atoms with van der Waals surface area (Å²) in [6.45, 7) is 3.70. The Labute approximate surface area is 184 Å². The molecule has 2 atom stereocenters. The number of hydrogen-bond acceptors (Lipinski definition) is 4. The fraction of sp³-hybridized carbons (Fsp3) is 0.231. The predicted octanol–water partition coefficient (Wildman–Crippen LogP) is 4.47. The minimum atomic E-state index is -0.648. The lowest BCUT2D eigenvalue weighted by Crippen LogP contribution is -2.51. The summed E-state index contributed by atoms with van der Waals surface area (Å²) < 4.78 is 0. The number of imide groups is 1. The Morgan fingerprint density at radius 1 is 0.906 bits per heavy atom. The largest absolute Gasteiger partial charge is 0.274 e. The molecule has 1 saturated heterocycles. The standard InChI is InChI=1S/C26H20N2O4/c1-14-11-12-15(13-20(14)28(31)32)27-24(29)22-21-16-7-3-5-9-18(16)26(2,23(22)25(27)30)19-10-6-4-8-17(19)21/h3-13,21-23H,1-2H3/t21?,22-,23-,26?/m1/s1. The molecule has 32 heavy (non-hydrogen) atoms. The number of nitrogens with zero attached hydrogens (tertiary/aromatic N) is 2. The average molecular weight is 424 g/mol. The monoisotopic (exact) mass is 424 g/mol. The lowest BCUT2D eigenvalue weighted by Gasteiger charge is -2.52. The maximum absolute atomic E-state index is 13.9. The smallest absolute Gasteiger partial charge is 0.274 e. The highest BCUT2D eigenvalue weighted by molar-refractivity contribution is 6.23. The van der Waals surface area contributed by atoms with Gasteiger partial charge in [0, 0.05) is 23.0 Å². The van der Waals surface area contributed by atoms with Gasteiger partial charge in [0.15, 0.2) is 0 Å². The van der Waals surface area contributed by atoms with E-state index in [0.717, 1.165) is 22.3 Å². The van der Waals surface area contributed by atoms with Gasteiger partial charge in [-0.25, -0.2) is 4.90 Å². The minimum Gasteiger partial charge on any atom is -0.274 e. The third-order valence-corrected chi connectivity index (χ3v) is 7.69. The molecule has 4 aliphatic rings. The topological polar surface area (TPSA) is 80.5 Å². The van der Waals surface area contributed by atoms with E-state index in [2.05, 4.69) is 31.2 Å². The van der Waals surface area contributed by atoms with Crippen LogP contribution in [-0.4, -0.2) is 16.7 Å². The molecule has 0 aromatic heterocycles. The zero-order valence-electron chi connectivity index (χ0n) is 17.6. The van der Waals surface area contributed by atoms with Crippen LogP contribution in [0.1, 0.15) is 40.7 Å². The first-order valence-electron chi connectivity index (χ1n) is 10.7. The van der Waals surface area contributed by atoms with Gasteiger partial charge in [0.1, 0.15) is 0 Å². The Morgan fingerprint density at radius 2 is 1.50 bits per heavy atom. The maximum Gasteiger partial charge on any atom is 0.274 e. The first kappa shape index (κ1) is 18.9. The summed E-state index contributed by atoms with van der Waals surface area (Å²) >= 11 is 0. The van der Waals surface area contributed by atoms with E-state index in [9.17, 15) is 19.7 Å². The van der Waals surface area contributed by atoms with Crippen molar-refractivity contribution in [2.45, 2.75) is 25.2 Å². The van der Waals surface area contributed by atoms with E-state index in [1.165, 1.54) is 11.0 Å². The van der Waals surface area contributed by atoms with Crippen LogP contribution < -0.4 is 4.90 Å². The molecule has 2 amide bonds. The SMILES string of the molecule is Cc1ccc(N2C(=O)[C@@H]3C4c5ccccc5C(C)(c5ccccc54)[C@H]3C2=O)cc1[N+](=O)[O-]. The second kappa shape index (κ2) is 6.13. The number of carbonyl (C=O) groups excluding carboxylic acids is 2.